The van der Waals surface area contributed by atoms with E-state index in [9.17, 15) is 5.26 Å². The maximum Gasteiger partial charge on any atom is 0.105 e. The Bertz CT molecular complexity index is 339. The van der Waals surface area contributed by atoms with Crippen molar-refractivity contribution < 1.29 is 4.74 Å². The summed E-state index contributed by atoms with van der Waals surface area (Å²) in [6.45, 7) is 9.06. The third-order valence-electron chi connectivity index (χ3n) is 4.35. The second-order valence-corrected chi connectivity index (χ2v) is 6.44. The van der Waals surface area contributed by atoms with Gasteiger partial charge in [-0.2, -0.15) is 5.26 Å². The molecule has 0 spiro atoms. The summed E-state index contributed by atoms with van der Waals surface area (Å²) in [5.41, 5.74) is -0.416. The fourth-order valence-electron chi connectivity index (χ4n) is 3.45. The zero-order valence-corrected chi connectivity index (χ0v) is 12.5. The number of hydrogen-bond donors (Lipinski definition) is 1. The number of fused-ring (bicyclic) bond motifs is 1. The maximum absolute atomic E-state index is 9.40. The van der Waals surface area contributed by atoms with Crippen LogP contribution in [-0.2, 0) is 4.74 Å². The van der Waals surface area contributed by atoms with Gasteiger partial charge in [0.15, 0.2) is 0 Å². The predicted molar refractivity (Wildman–Crippen MR) is 75.9 cm³/mol. The van der Waals surface area contributed by atoms with Crippen LogP contribution in [0, 0.1) is 11.3 Å². The second kappa shape index (κ2) is 6.21. The summed E-state index contributed by atoms with van der Waals surface area (Å²) in [4.78, 5) is 2.54. The van der Waals surface area contributed by atoms with E-state index in [0.29, 0.717) is 18.2 Å². The van der Waals surface area contributed by atoms with Crippen LogP contribution < -0.4 is 5.32 Å². The van der Waals surface area contributed by atoms with Crippen molar-refractivity contribution in [2.75, 3.05) is 19.7 Å². The van der Waals surface area contributed by atoms with Crippen LogP contribution in [0.2, 0.25) is 0 Å². The molecule has 1 saturated heterocycles. The highest BCUT2D eigenvalue weighted by Crippen LogP contribution is 2.30. The molecule has 0 amide bonds. The molecule has 1 aliphatic heterocycles. The van der Waals surface area contributed by atoms with Crippen LogP contribution in [0.4, 0.5) is 0 Å². The molecule has 0 aromatic heterocycles. The van der Waals surface area contributed by atoms with E-state index in [1.165, 1.54) is 19.3 Å². The molecule has 2 fully saturated rings. The highest BCUT2D eigenvalue weighted by molar-refractivity contribution is 5.05. The van der Waals surface area contributed by atoms with Crippen LogP contribution >= 0.6 is 0 Å². The van der Waals surface area contributed by atoms with Gasteiger partial charge < -0.3 is 4.74 Å². The quantitative estimate of drug-likeness (QED) is 0.825. The van der Waals surface area contributed by atoms with E-state index in [0.717, 1.165) is 26.1 Å². The molecule has 4 nitrogen and oxygen atoms in total. The van der Waals surface area contributed by atoms with Crippen molar-refractivity contribution in [2.45, 2.75) is 70.2 Å². The second-order valence-electron chi connectivity index (χ2n) is 6.44. The summed E-state index contributed by atoms with van der Waals surface area (Å²) in [5.74, 6) is 0. The van der Waals surface area contributed by atoms with Gasteiger partial charge in [0.05, 0.1) is 18.8 Å². The Morgan fingerprint density at radius 2 is 2.26 bits per heavy atom. The molecule has 108 valence electrons. The Labute approximate surface area is 117 Å². The highest BCUT2D eigenvalue weighted by Gasteiger charge is 2.36. The summed E-state index contributed by atoms with van der Waals surface area (Å²) in [6.07, 6.45) is 5.07. The minimum absolute atomic E-state index is 0.341. The fraction of sp³-hybridized carbons (Fsp3) is 0.933. The van der Waals surface area contributed by atoms with Gasteiger partial charge in [0.1, 0.15) is 5.54 Å². The van der Waals surface area contributed by atoms with Crippen molar-refractivity contribution in [3.05, 3.63) is 0 Å². The van der Waals surface area contributed by atoms with Gasteiger partial charge in [-0.05, 0) is 46.5 Å². The number of nitrogens with one attached hydrogen (secondary N) is 1. The van der Waals surface area contributed by atoms with Gasteiger partial charge in [0.2, 0.25) is 0 Å². The van der Waals surface area contributed by atoms with E-state index < -0.39 is 5.54 Å². The molecule has 0 aromatic rings. The highest BCUT2D eigenvalue weighted by atomic mass is 16.5. The molecule has 2 rings (SSSR count). The van der Waals surface area contributed by atoms with Crippen molar-refractivity contribution in [1.29, 1.82) is 5.26 Å². The number of rotatable bonds is 5. The first-order valence-electron chi connectivity index (χ1n) is 7.59. The molecule has 0 aromatic carbocycles. The average Bonchev–Trinajstić information content (AvgIpc) is 2.84. The average molecular weight is 265 g/mol. The van der Waals surface area contributed by atoms with Crippen molar-refractivity contribution in [2.24, 2.45) is 0 Å². The number of nitriles is 1. The molecule has 3 unspecified atom stereocenters. The Balaban J connectivity index is 1.88. The summed E-state index contributed by atoms with van der Waals surface area (Å²) in [6, 6.07) is 3.37. The lowest BCUT2D eigenvalue weighted by Gasteiger charge is -2.39. The normalized spacial score (nSPS) is 30.9. The third-order valence-corrected chi connectivity index (χ3v) is 4.35. The van der Waals surface area contributed by atoms with Crippen molar-refractivity contribution in [3.8, 4) is 6.07 Å². The summed E-state index contributed by atoms with van der Waals surface area (Å²) in [5, 5.41) is 12.8. The Kier molecular flexibility index (Phi) is 4.83. The van der Waals surface area contributed by atoms with Gasteiger partial charge in [0.25, 0.3) is 0 Å². The van der Waals surface area contributed by atoms with Gasteiger partial charge in [0, 0.05) is 25.2 Å². The smallest absolute Gasteiger partial charge is 0.105 e. The molecule has 0 bridgehead atoms. The minimum Gasteiger partial charge on any atom is -0.375 e. The van der Waals surface area contributed by atoms with E-state index in [1.807, 2.05) is 6.92 Å². The van der Waals surface area contributed by atoms with Gasteiger partial charge in [-0.1, -0.05) is 0 Å². The lowest BCUT2D eigenvalue weighted by molar-refractivity contribution is -0.0570. The number of morpholine rings is 1. The number of hydrogen-bond acceptors (Lipinski definition) is 4. The molecule has 1 saturated carbocycles. The van der Waals surface area contributed by atoms with Crippen LogP contribution in [0.15, 0.2) is 0 Å². The zero-order valence-electron chi connectivity index (χ0n) is 12.5. The van der Waals surface area contributed by atoms with E-state index in [-0.39, 0.29) is 0 Å². The predicted octanol–water partition coefficient (Wildman–Crippen LogP) is 1.91. The van der Waals surface area contributed by atoms with E-state index in [2.05, 4.69) is 30.1 Å². The first-order chi connectivity index (χ1) is 9.04. The molecule has 2 aliphatic rings. The third kappa shape index (κ3) is 3.68. The monoisotopic (exact) mass is 265 g/mol. The summed E-state index contributed by atoms with van der Waals surface area (Å²) >= 11 is 0. The Hall–Kier alpha value is -0.630. The van der Waals surface area contributed by atoms with Crippen LogP contribution in [0.3, 0.4) is 0 Å². The zero-order chi connectivity index (χ0) is 13.9. The largest absolute Gasteiger partial charge is 0.375 e. The maximum atomic E-state index is 9.40. The van der Waals surface area contributed by atoms with Crippen LogP contribution in [0.25, 0.3) is 0 Å². The minimum atomic E-state index is -0.416. The van der Waals surface area contributed by atoms with E-state index >= 15 is 0 Å². The molecular formula is C15H27N3O. The van der Waals surface area contributed by atoms with Crippen molar-refractivity contribution in [1.82, 2.24) is 10.2 Å². The van der Waals surface area contributed by atoms with E-state index in [1.54, 1.807) is 0 Å². The molecule has 0 radical (unpaired) electrons. The molecule has 1 heterocycles. The molecule has 1 aliphatic carbocycles. The lowest BCUT2D eigenvalue weighted by Crippen LogP contribution is -2.52. The first-order valence-corrected chi connectivity index (χ1v) is 7.59. The van der Waals surface area contributed by atoms with Gasteiger partial charge >= 0.3 is 0 Å². The van der Waals surface area contributed by atoms with Crippen molar-refractivity contribution in [3.63, 3.8) is 0 Å². The van der Waals surface area contributed by atoms with Crippen molar-refractivity contribution >= 4 is 0 Å². The molecule has 19 heavy (non-hydrogen) atoms. The van der Waals surface area contributed by atoms with Crippen LogP contribution in [0.1, 0.15) is 46.5 Å². The van der Waals surface area contributed by atoms with E-state index in [4.69, 9.17) is 4.74 Å². The first kappa shape index (κ1) is 14.8. The van der Waals surface area contributed by atoms with Crippen LogP contribution in [0.5, 0.6) is 0 Å². The Morgan fingerprint density at radius 3 is 2.95 bits per heavy atom. The summed E-state index contributed by atoms with van der Waals surface area (Å²) < 4.78 is 5.83. The van der Waals surface area contributed by atoms with Crippen LogP contribution in [-0.4, -0.2) is 48.3 Å². The van der Waals surface area contributed by atoms with Gasteiger partial charge in [-0.15, -0.1) is 0 Å². The van der Waals surface area contributed by atoms with Gasteiger partial charge in [-0.3, -0.25) is 10.2 Å². The topological polar surface area (TPSA) is 48.3 Å². The lowest BCUT2D eigenvalue weighted by atomic mass is 9.97. The molecule has 3 atom stereocenters. The SMILES string of the molecule is CC(C)NC(C)(C#N)CCN1CCOC2CCCC21. The molecule has 4 heteroatoms. The molecular weight excluding hydrogens is 238 g/mol. The Morgan fingerprint density at radius 1 is 1.47 bits per heavy atom. The number of nitrogens with zero attached hydrogens (tertiary/aromatic N) is 2. The standard InChI is InChI=1S/C15H27N3O/c1-12(2)17-15(3,11-16)7-8-18-9-10-19-14-6-4-5-13(14)18/h12-14,17H,4-10H2,1-3H3. The number of ether oxygens (including phenoxy) is 1. The summed E-state index contributed by atoms with van der Waals surface area (Å²) in [7, 11) is 0. The van der Waals surface area contributed by atoms with Gasteiger partial charge in [-0.25, -0.2) is 0 Å². The molecule has 1 N–H and O–H groups in total. The fourth-order valence-corrected chi connectivity index (χ4v) is 3.45.